The lowest BCUT2D eigenvalue weighted by Gasteiger charge is -2.10. The number of hydrogen-bond acceptors (Lipinski definition) is 1. The molecule has 76 valence electrons. The van der Waals surface area contributed by atoms with Gasteiger partial charge in [-0.05, 0) is 19.4 Å². The summed E-state index contributed by atoms with van der Waals surface area (Å²) in [5.74, 6) is -0.187. The van der Waals surface area contributed by atoms with E-state index in [1.54, 1.807) is 6.92 Å². The average Bonchev–Trinajstić information content (AvgIpc) is 2.11. The number of benzene rings is 1. The smallest absolute Gasteiger partial charge is 0.161 e. The van der Waals surface area contributed by atoms with E-state index in [0.29, 0.717) is 11.1 Å². The SMILES string of the molecule is CC(=O)c1c(C)c(Cl)c(Cl)c(Cl)c1Cl. The number of Topliss-reactive ketones (excluding diaryl/α,β-unsaturated/α-hetero) is 1. The molecule has 0 N–H and O–H groups in total. The van der Waals surface area contributed by atoms with Gasteiger partial charge in [0.25, 0.3) is 0 Å². The van der Waals surface area contributed by atoms with Crippen LogP contribution in [0.3, 0.4) is 0 Å². The fourth-order valence-corrected chi connectivity index (χ4v) is 2.24. The van der Waals surface area contributed by atoms with Crippen molar-refractivity contribution >= 4 is 52.2 Å². The Balaban J connectivity index is 3.68. The van der Waals surface area contributed by atoms with Crippen LogP contribution in [-0.4, -0.2) is 5.78 Å². The number of ketones is 1. The van der Waals surface area contributed by atoms with Crippen molar-refractivity contribution in [2.45, 2.75) is 13.8 Å². The van der Waals surface area contributed by atoms with Crippen LogP contribution in [0.15, 0.2) is 0 Å². The summed E-state index contributed by atoms with van der Waals surface area (Å²) in [4.78, 5) is 11.3. The molecule has 0 heterocycles. The van der Waals surface area contributed by atoms with E-state index < -0.39 is 0 Å². The summed E-state index contributed by atoms with van der Waals surface area (Å²) in [5.41, 5.74) is 0.879. The predicted molar refractivity (Wildman–Crippen MR) is 61.2 cm³/mol. The lowest BCUT2D eigenvalue weighted by atomic mass is 10.1. The summed E-state index contributed by atoms with van der Waals surface area (Å²) in [5, 5.41) is 0.729. The van der Waals surface area contributed by atoms with Crippen LogP contribution in [0.4, 0.5) is 0 Å². The van der Waals surface area contributed by atoms with Crippen molar-refractivity contribution < 1.29 is 4.79 Å². The second kappa shape index (κ2) is 4.28. The van der Waals surface area contributed by atoms with Crippen molar-refractivity contribution in [1.29, 1.82) is 0 Å². The number of hydrogen-bond donors (Lipinski definition) is 0. The van der Waals surface area contributed by atoms with Gasteiger partial charge in [0.15, 0.2) is 5.78 Å². The second-order valence-corrected chi connectivity index (χ2v) is 4.32. The van der Waals surface area contributed by atoms with Crippen molar-refractivity contribution in [1.82, 2.24) is 0 Å². The molecule has 0 aliphatic rings. The Morgan fingerprint density at radius 2 is 1.36 bits per heavy atom. The first kappa shape index (κ1) is 12.1. The van der Waals surface area contributed by atoms with E-state index in [2.05, 4.69) is 0 Å². The van der Waals surface area contributed by atoms with E-state index in [0.717, 1.165) is 0 Å². The van der Waals surface area contributed by atoms with Crippen LogP contribution in [0.1, 0.15) is 22.8 Å². The van der Waals surface area contributed by atoms with Crippen LogP contribution < -0.4 is 0 Å². The summed E-state index contributed by atoms with van der Waals surface area (Å²) >= 11 is 23.4. The first-order chi connectivity index (χ1) is 6.37. The molecule has 0 saturated carbocycles. The summed E-state index contributed by atoms with van der Waals surface area (Å²) in [6.07, 6.45) is 0. The topological polar surface area (TPSA) is 17.1 Å². The zero-order valence-electron chi connectivity index (χ0n) is 7.42. The van der Waals surface area contributed by atoms with E-state index in [1.165, 1.54) is 6.92 Å². The van der Waals surface area contributed by atoms with Gasteiger partial charge < -0.3 is 0 Å². The first-order valence-corrected chi connectivity index (χ1v) is 5.22. The average molecular weight is 272 g/mol. The Hall–Kier alpha value is 0.0500. The number of rotatable bonds is 1. The Labute approximate surface area is 102 Å². The highest BCUT2D eigenvalue weighted by atomic mass is 35.5. The molecular weight excluding hydrogens is 266 g/mol. The first-order valence-electron chi connectivity index (χ1n) is 3.71. The van der Waals surface area contributed by atoms with Crippen molar-refractivity contribution in [3.05, 3.63) is 31.2 Å². The fraction of sp³-hybridized carbons (Fsp3) is 0.222. The van der Waals surface area contributed by atoms with Gasteiger partial charge in [-0.25, -0.2) is 0 Å². The summed E-state index contributed by atoms with van der Waals surface area (Å²) < 4.78 is 0. The third-order valence-electron chi connectivity index (χ3n) is 1.85. The molecule has 0 aromatic heterocycles. The number of carbonyl (C=O) groups excluding carboxylic acids is 1. The quantitative estimate of drug-likeness (QED) is 0.407. The van der Waals surface area contributed by atoms with Crippen LogP contribution in [0, 0.1) is 6.92 Å². The molecule has 0 aliphatic carbocycles. The highest BCUT2D eigenvalue weighted by molar-refractivity contribution is 6.53. The third-order valence-corrected chi connectivity index (χ3v) is 3.75. The molecule has 0 aliphatic heterocycles. The van der Waals surface area contributed by atoms with Gasteiger partial charge in [-0.1, -0.05) is 46.4 Å². The zero-order valence-corrected chi connectivity index (χ0v) is 10.4. The molecule has 14 heavy (non-hydrogen) atoms. The van der Waals surface area contributed by atoms with E-state index in [1.807, 2.05) is 0 Å². The van der Waals surface area contributed by atoms with Gasteiger partial charge in [-0.15, -0.1) is 0 Å². The van der Waals surface area contributed by atoms with Crippen LogP contribution in [0.25, 0.3) is 0 Å². The second-order valence-electron chi connectivity index (χ2n) is 2.81. The lowest BCUT2D eigenvalue weighted by molar-refractivity contribution is 0.101. The predicted octanol–water partition coefficient (Wildman–Crippen LogP) is 4.81. The molecule has 0 unspecified atom stereocenters. The van der Waals surface area contributed by atoms with Crippen LogP contribution in [0.2, 0.25) is 20.1 Å². The van der Waals surface area contributed by atoms with Crippen LogP contribution >= 0.6 is 46.4 Å². The summed E-state index contributed by atoms with van der Waals surface area (Å²) in [7, 11) is 0. The minimum atomic E-state index is -0.187. The molecule has 0 atom stereocenters. The molecule has 0 spiro atoms. The molecule has 5 heteroatoms. The Kier molecular flexibility index (Phi) is 3.70. The summed E-state index contributed by atoms with van der Waals surface area (Å²) in [6, 6.07) is 0. The number of halogens is 4. The third kappa shape index (κ3) is 1.87. The normalized spacial score (nSPS) is 10.4. The maximum absolute atomic E-state index is 11.3. The Morgan fingerprint density at radius 1 is 0.929 bits per heavy atom. The molecule has 1 nitrogen and oxygen atoms in total. The fourth-order valence-electron chi connectivity index (χ4n) is 1.16. The maximum Gasteiger partial charge on any atom is 0.161 e. The van der Waals surface area contributed by atoms with E-state index in [-0.39, 0.29) is 25.9 Å². The highest BCUT2D eigenvalue weighted by Gasteiger charge is 2.19. The minimum absolute atomic E-state index is 0.120. The highest BCUT2D eigenvalue weighted by Crippen LogP contribution is 2.41. The molecule has 0 radical (unpaired) electrons. The molecule has 1 aromatic rings. The molecule has 0 bridgehead atoms. The van der Waals surface area contributed by atoms with Gasteiger partial charge in [-0.3, -0.25) is 4.79 Å². The van der Waals surface area contributed by atoms with Crippen molar-refractivity contribution in [3.63, 3.8) is 0 Å². The van der Waals surface area contributed by atoms with Crippen LogP contribution in [0.5, 0.6) is 0 Å². The van der Waals surface area contributed by atoms with Gasteiger partial charge in [0.05, 0.1) is 20.1 Å². The van der Waals surface area contributed by atoms with Crippen molar-refractivity contribution in [3.8, 4) is 0 Å². The number of carbonyl (C=O) groups is 1. The van der Waals surface area contributed by atoms with Gasteiger partial charge in [0, 0.05) is 5.56 Å². The maximum atomic E-state index is 11.3. The van der Waals surface area contributed by atoms with E-state index in [9.17, 15) is 4.79 Å². The molecule has 0 saturated heterocycles. The van der Waals surface area contributed by atoms with Crippen molar-refractivity contribution in [2.75, 3.05) is 0 Å². The molecule has 1 aromatic carbocycles. The lowest BCUT2D eigenvalue weighted by Crippen LogP contribution is -1.99. The monoisotopic (exact) mass is 270 g/mol. The molecule has 0 fully saturated rings. The molecule has 0 amide bonds. The molecular formula is C9H6Cl4O. The van der Waals surface area contributed by atoms with Crippen LogP contribution in [-0.2, 0) is 0 Å². The van der Waals surface area contributed by atoms with E-state index >= 15 is 0 Å². The van der Waals surface area contributed by atoms with Gasteiger partial charge >= 0.3 is 0 Å². The minimum Gasteiger partial charge on any atom is -0.294 e. The van der Waals surface area contributed by atoms with Gasteiger partial charge in [-0.2, -0.15) is 0 Å². The van der Waals surface area contributed by atoms with E-state index in [4.69, 9.17) is 46.4 Å². The van der Waals surface area contributed by atoms with Gasteiger partial charge in [0.1, 0.15) is 0 Å². The Morgan fingerprint density at radius 3 is 1.79 bits per heavy atom. The zero-order chi connectivity index (χ0) is 11.0. The Bertz CT molecular complexity index is 383. The standard InChI is InChI=1S/C9H6Cl4O/c1-3-5(4(2)14)7(11)9(13)8(12)6(3)10/h1-2H3. The molecule has 1 rings (SSSR count). The largest absolute Gasteiger partial charge is 0.294 e. The van der Waals surface area contributed by atoms with Gasteiger partial charge in [0.2, 0.25) is 0 Å². The summed E-state index contributed by atoms with van der Waals surface area (Å²) in [6.45, 7) is 3.07. The van der Waals surface area contributed by atoms with Crippen molar-refractivity contribution in [2.24, 2.45) is 0 Å².